The molecule has 1 N–H and O–H groups in total. The molecule has 3 aromatic heterocycles. The first-order valence-electron chi connectivity index (χ1n) is 10.1. The van der Waals surface area contributed by atoms with Gasteiger partial charge in [0.2, 0.25) is 0 Å². The number of nitrogens with zero attached hydrogens (tertiary/aromatic N) is 9. The largest absolute Gasteiger partial charge is 0.396 e. The number of hydrogen-bond donors (Lipinski definition) is 1. The molecule has 10 nitrogen and oxygen atoms in total. The molecule has 1 unspecified atom stereocenters. The monoisotopic (exact) mass is 395 g/mol. The van der Waals surface area contributed by atoms with Crippen LogP contribution in [0.1, 0.15) is 12.8 Å². The summed E-state index contributed by atoms with van der Waals surface area (Å²) < 4.78 is 1.71. The smallest absolute Gasteiger partial charge is 0.177 e. The van der Waals surface area contributed by atoms with E-state index < -0.39 is 0 Å². The lowest BCUT2D eigenvalue weighted by Gasteiger charge is -2.36. The van der Waals surface area contributed by atoms with Crippen molar-refractivity contribution in [3.63, 3.8) is 0 Å². The Hall–Kier alpha value is -3.01. The summed E-state index contributed by atoms with van der Waals surface area (Å²) in [5, 5.41) is 22.0. The minimum atomic E-state index is 0.241. The fourth-order valence-electron chi connectivity index (χ4n) is 4.16. The second kappa shape index (κ2) is 7.78. The van der Waals surface area contributed by atoms with E-state index in [0.29, 0.717) is 5.92 Å². The summed E-state index contributed by atoms with van der Waals surface area (Å²) in [5.74, 6) is 3.18. The lowest BCUT2D eigenvalue weighted by Crippen LogP contribution is -2.47. The minimum absolute atomic E-state index is 0.241. The minimum Gasteiger partial charge on any atom is -0.396 e. The number of hydrogen-bond acceptors (Lipinski definition) is 9. The first-order valence-corrected chi connectivity index (χ1v) is 10.1. The van der Waals surface area contributed by atoms with E-state index in [2.05, 4.69) is 46.0 Å². The van der Waals surface area contributed by atoms with Gasteiger partial charge in [-0.1, -0.05) is 0 Å². The van der Waals surface area contributed by atoms with Crippen molar-refractivity contribution in [1.29, 1.82) is 0 Å². The third kappa shape index (κ3) is 3.67. The summed E-state index contributed by atoms with van der Waals surface area (Å²) in [4.78, 5) is 15.8. The van der Waals surface area contributed by atoms with E-state index in [4.69, 9.17) is 0 Å². The van der Waals surface area contributed by atoms with E-state index in [1.165, 1.54) is 0 Å². The normalized spacial score (nSPS) is 20.4. The van der Waals surface area contributed by atoms with Crippen LogP contribution in [-0.2, 0) is 0 Å². The molecule has 0 aliphatic carbocycles. The van der Waals surface area contributed by atoms with Crippen LogP contribution in [0.2, 0.25) is 0 Å². The molecule has 0 saturated carbocycles. The van der Waals surface area contributed by atoms with Gasteiger partial charge in [-0.25, -0.2) is 9.97 Å². The molecule has 0 bridgehead atoms. The molecule has 29 heavy (non-hydrogen) atoms. The third-order valence-electron chi connectivity index (χ3n) is 5.81. The number of aliphatic hydroxyl groups is 1. The van der Waals surface area contributed by atoms with Crippen LogP contribution >= 0.6 is 0 Å². The Morgan fingerprint density at radius 3 is 2.48 bits per heavy atom. The molecule has 0 spiro atoms. The summed E-state index contributed by atoms with van der Waals surface area (Å²) in [5.41, 5.74) is 0.752. The summed E-state index contributed by atoms with van der Waals surface area (Å²) >= 11 is 0. The first kappa shape index (κ1) is 18.0. The Labute approximate surface area is 168 Å². The Morgan fingerprint density at radius 1 is 0.931 bits per heavy atom. The molecule has 2 aliphatic rings. The van der Waals surface area contributed by atoms with Gasteiger partial charge in [-0.15, -0.1) is 15.3 Å². The van der Waals surface area contributed by atoms with Gasteiger partial charge >= 0.3 is 0 Å². The fraction of sp³-hybridized carbons (Fsp3) is 0.526. The van der Waals surface area contributed by atoms with Gasteiger partial charge in [0.25, 0.3) is 0 Å². The number of rotatable bonds is 4. The molecule has 3 aromatic rings. The Morgan fingerprint density at radius 2 is 1.69 bits per heavy atom. The highest BCUT2D eigenvalue weighted by atomic mass is 16.3. The second-order valence-corrected chi connectivity index (χ2v) is 7.67. The molecule has 2 fully saturated rings. The SMILES string of the molecule is OCC1CCCN(c2cc(N3CCN(c4ccc5nncn5n4)CC3)ncn2)C1. The molecule has 0 amide bonds. The highest BCUT2D eigenvalue weighted by molar-refractivity contribution is 5.52. The standard InChI is InChI=1S/C19H25N9O/c29-12-15-2-1-5-27(11-15)19-10-18(20-13-21-19)26-8-6-25(7-9-26)17-4-3-16-23-22-14-28(16)24-17/h3-4,10,13-15,29H,1-2,5-9,11-12H2. The van der Waals surface area contributed by atoms with E-state index in [9.17, 15) is 5.11 Å². The van der Waals surface area contributed by atoms with Gasteiger partial charge in [0, 0.05) is 51.9 Å². The zero-order valence-electron chi connectivity index (χ0n) is 16.3. The van der Waals surface area contributed by atoms with Crippen LogP contribution in [0.15, 0.2) is 30.9 Å². The number of anilines is 3. The van der Waals surface area contributed by atoms with E-state index in [1.54, 1.807) is 17.2 Å². The Balaban J connectivity index is 1.26. The molecule has 10 heteroatoms. The van der Waals surface area contributed by atoms with E-state index in [-0.39, 0.29) is 6.61 Å². The van der Waals surface area contributed by atoms with Gasteiger partial charge in [-0.05, 0) is 30.9 Å². The number of piperidine rings is 1. The first-order chi connectivity index (χ1) is 14.3. The highest BCUT2D eigenvalue weighted by Crippen LogP contribution is 2.24. The molecule has 2 saturated heterocycles. The average molecular weight is 395 g/mol. The van der Waals surface area contributed by atoms with Crippen molar-refractivity contribution < 1.29 is 5.11 Å². The highest BCUT2D eigenvalue weighted by Gasteiger charge is 2.23. The van der Waals surface area contributed by atoms with Crippen LogP contribution < -0.4 is 14.7 Å². The number of aromatic nitrogens is 6. The molecule has 5 heterocycles. The number of aliphatic hydroxyl groups excluding tert-OH is 1. The number of fused-ring (bicyclic) bond motifs is 1. The van der Waals surface area contributed by atoms with Crippen molar-refractivity contribution in [1.82, 2.24) is 29.8 Å². The lowest BCUT2D eigenvalue weighted by molar-refractivity contribution is 0.208. The summed E-state index contributed by atoms with van der Waals surface area (Å²) in [6, 6.07) is 6.02. The molecular weight excluding hydrogens is 370 g/mol. The zero-order valence-corrected chi connectivity index (χ0v) is 16.3. The maximum Gasteiger partial charge on any atom is 0.177 e. The summed E-state index contributed by atoms with van der Waals surface area (Å²) in [6.07, 6.45) is 5.45. The van der Waals surface area contributed by atoms with Crippen molar-refractivity contribution in [2.24, 2.45) is 5.92 Å². The van der Waals surface area contributed by atoms with Crippen LogP contribution in [0, 0.1) is 5.92 Å². The van der Waals surface area contributed by atoms with Crippen LogP contribution in [0.3, 0.4) is 0 Å². The van der Waals surface area contributed by atoms with Gasteiger partial charge in [0.05, 0.1) is 0 Å². The van der Waals surface area contributed by atoms with Gasteiger partial charge in [0.1, 0.15) is 30.1 Å². The van der Waals surface area contributed by atoms with Crippen LogP contribution in [0.4, 0.5) is 17.5 Å². The zero-order chi connectivity index (χ0) is 19.6. The fourth-order valence-corrected chi connectivity index (χ4v) is 4.16. The van der Waals surface area contributed by atoms with E-state index >= 15 is 0 Å². The van der Waals surface area contributed by atoms with E-state index in [1.807, 2.05) is 12.1 Å². The third-order valence-corrected chi connectivity index (χ3v) is 5.81. The Bertz CT molecular complexity index is 969. The van der Waals surface area contributed by atoms with Crippen molar-refractivity contribution in [2.75, 3.05) is 60.6 Å². The molecule has 2 aliphatic heterocycles. The molecule has 152 valence electrons. The number of piperazine rings is 1. The molecular formula is C19H25N9O. The van der Waals surface area contributed by atoms with Gasteiger partial charge in [0.15, 0.2) is 5.65 Å². The molecule has 0 aromatic carbocycles. The van der Waals surface area contributed by atoms with Crippen LogP contribution in [-0.4, -0.2) is 80.8 Å². The topological polar surface area (TPSA) is 98.8 Å². The van der Waals surface area contributed by atoms with Crippen molar-refractivity contribution >= 4 is 23.1 Å². The lowest BCUT2D eigenvalue weighted by atomic mass is 9.99. The van der Waals surface area contributed by atoms with Gasteiger partial charge in [-0.2, -0.15) is 4.52 Å². The van der Waals surface area contributed by atoms with Crippen LogP contribution in [0.25, 0.3) is 5.65 Å². The maximum atomic E-state index is 9.49. The maximum absolute atomic E-state index is 9.49. The average Bonchev–Trinajstić information content (AvgIpc) is 3.27. The summed E-state index contributed by atoms with van der Waals surface area (Å²) in [7, 11) is 0. The molecule has 0 radical (unpaired) electrons. The Kier molecular flexibility index (Phi) is 4.84. The summed E-state index contributed by atoms with van der Waals surface area (Å²) in [6.45, 7) is 5.57. The predicted octanol–water partition coefficient (Wildman–Crippen LogP) is 0.450. The van der Waals surface area contributed by atoms with Crippen molar-refractivity contribution in [2.45, 2.75) is 12.8 Å². The predicted molar refractivity (Wildman–Crippen MR) is 109 cm³/mol. The van der Waals surface area contributed by atoms with Crippen LogP contribution in [0.5, 0.6) is 0 Å². The van der Waals surface area contributed by atoms with Gasteiger partial charge in [-0.3, -0.25) is 0 Å². The quantitative estimate of drug-likeness (QED) is 0.675. The van der Waals surface area contributed by atoms with Gasteiger partial charge < -0.3 is 19.8 Å². The van der Waals surface area contributed by atoms with Crippen molar-refractivity contribution in [3.05, 3.63) is 30.9 Å². The van der Waals surface area contributed by atoms with E-state index in [0.717, 1.165) is 75.2 Å². The molecule has 1 atom stereocenters. The second-order valence-electron chi connectivity index (χ2n) is 7.67. The molecule has 5 rings (SSSR count). The van der Waals surface area contributed by atoms with Crippen molar-refractivity contribution in [3.8, 4) is 0 Å².